The van der Waals surface area contributed by atoms with E-state index in [1.54, 1.807) is 0 Å². The molecule has 1 aliphatic rings. The molecule has 5 aromatic rings. The van der Waals surface area contributed by atoms with Crippen molar-refractivity contribution >= 4 is 33.1 Å². The van der Waals surface area contributed by atoms with E-state index in [1.807, 2.05) is 18.2 Å². The lowest BCUT2D eigenvalue weighted by atomic mass is 9.87. The molecule has 0 saturated heterocycles. The predicted molar refractivity (Wildman–Crippen MR) is 122 cm³/mol. The number of hydrogen-bond donors (Lipinski definition) is 0. The highest BCUT2D eigenvalue weighted by Gasteiger charge is 2.22. The van der Waals surface area contributed by atoms with Crippen LogP contribution in [-0.4, -0.2) is 0 Å². The third-order valence-corrected chi connectivity index (χ3v) is 6.20. The maximum atomic E-state index is 6.51. The first-order chi connectivity index (χ1) is 14.3. The zero-order valence-corrected chi connectivity index (χ0v) is 16.4. The number of benzene rings is 5. The van der Waals surface area contributed by atoms with Crippen molar-refractivity contribution in [2.45, 2.75) is 6.61 Å². The SMILES string of the molecule is Clc1ccccc1-c1cccc2c3c(ccc12)-c1c(ccc2ccccc12)OC3. The second-order valence-corrected chi connectivity index (χ2v) is 7.83. The fourth-order valence-corrected chi connectivity index (χ4v) is 4.76. The summed E-state index contributed by atoms with van der Waals surface area (Å²) in [6.07, 6.45) is 0. The molecule has 1 aliphatic heterocycles. The van der Waals surface area contributed by atoms with E-state index >= 15 is 0 Å². The lowest BCUT2D eigenvalue weighted by molar-refractivity contribution is 0.304. The number of hydrogen-bond acceptors (Lipinski definition) is 1. The topological polar surface area (TPSA) is 9.23 Å². The number of fused-ring (bicyclic) bond motifs is 7. The molecule has 0 saturated carbocycles. The molecule has 0 unspecified atom stereocenters. The van der Waals surface area contributed by atoms with Gasteiger partial charge in [0.05, 0.1) is 0 Å². The third-order valence-electron chi connectivity index (χ3n) is 5.87. The molecule has 0 amide bonds. The molecule has 0 bridgehead atoms. The van der Waals surface area contributed by atoms with Gasteiger partial charge >= 0.3 is 0 Å². The predicted octanol–water partition coefficient (Wildman–Crippen LogP) is 7.87. The normalized spacial score (nSPS) is 12.4. The van der Waals surface area contributed by atoms with Crippen molar-refractivity contribution in [3.8, 4) is 28.0 Å². The van der Waals surface area contributed by atoms with E-state index in [0.717, 1.165) is 21.9 Å². The molecule has 5 aromatic carbocycles. The molecule has 0 aliphatic carbocycles. The average Bonchev–Trinajstić information content (AvgIpc) is 2.78. The average molecular weight is 393 g/mol. The molecule has 1 heterocycles. The highest BCUT2D eigenvalue weighted by molar-refractivity contribution is 6.33. The molecule has 0 N–H and O–H groups in total. The Morgan fingerprint density at radius 1 is 0.586 bits per heavy atom. The first-order valence-corrected chi connectivity index (χ1v) is 10.1. The van der Waals surface area contributed by atoms with Gasteiger partial charge in [0.25, 0.3) is 0 Å². The summed E-state index contributed by atoms with van der Waals surface area (Å²) in [5.74, 6) is 0.956. The Kier molecular flexibility index (Phi) is 3.65. The second kappa shape index (κ2) is 6.37. The van der Waals surface area contributed by atoms with Crippen molar-refractivity contribution in [2.24, 2.45) is 0 Å². The number of rotatable bonds is 1. The molecule has 0 aromatic heterocycles. The van der Waals surface area contributed by atoms with Gasteiger partial charge in [-0.05, 0) is 44.8 Å². The van der Waals surface area contributed by atoms with Crippen LogP contribution >= 0.6 is 11.6 Å². The van der Waals surface area contributed by atoms with Gasteiger partial charge in [0.1, 0.15) is 12.4 Å². The Morgan fingerprint density at radius 2 is 1.38 bits per heavy atom. The Morgan fingerprint density at radius 3 is 2.31 bits per heavy atom. The van der Waals surface area contributed by atoms with Crippen LogP contribution in [0.25, 0.3) is 43.8 Å². The smallest absolute Gasteiger partial charge is 0.128 e. The Labute approximate surface area is 174 Å². The quantitative estimate of drug-likeness (QED) is 0.282. The van der Waals surface area contributed by atoms with Gasteiger partial charge in [-0.3, -0.25) is 0 Å². The maximum absolute atomic E-state index is 6.51. The fraction of sp³-hybridized carbons (Fsp3) is 0.0370. The van der Waals surface area contributed by atoms with E-state index in [9.17, 15) is 0 Å². The standard InChI is InChI=1S/C27H17ClO/c28-25-11-4-3-8-22(25)19-9-5-10-20-21(19)13-14-23-24(20)16-29-26-15-12-17-6-1-2-7-18(17)27(23)26/h1-15H,16H2. The summed E-state index contributed by atoms with van der Waals surface area (Å²) in [5, 5.41) is 5.65. The molecule has 0 atom stereocenters. The monoisotopic (exact) mass is 392 g/mol. The van der Waals surface area contributed by atoms with Gasteiger partial charge in [-0.1, -0.05) is 90.5 Å². The van der Waals surface area contributed by atoms with Gasteiger partial charge < -0.3 is 4.74 Å². The first kappa shape index (κ1) is 16.6. The van der Waals surface area contributed by atoms with Crippen LogP contribution in [0.15, 0.2) is 91.0 Å². The summed E-state index contributed by atoms with van der Waals surface area (Å²) >= 11 is 6.51. The Balaban J connectivity index is 1.67. The highest BCUT2D eigenvalue weighted by atomic mass is 35.5. The summed E-state index contributed by atoms with van der Waals surface area (Å²) < 4.78 is 6.21. The van der Waals surface area contributed by atoms with Crippen LogP contribution in [0.1, 0.15) is 5.56 Å². The first-order valence-electron chi connectivity index (χ1n) is 9.76. The summed E-state index contributed by atoms with van der Waals surface area (Å²) in [4.78, 5) is 0. The van der Waals surface area contributed by atoms with Crippen LogP contribution in [-0.2, 0) is 6.61 Å². The van der Waals surface area contributed by atoms with Crippen molar-refractivity contribution < 1.29 is 4.74 Å². The fourth-order valence-electron chi connectivity index (χ4n) is 4.52. The Bertz CT molecular complexity index is 1420. The number of halogens is 1. The minimum Gasteiger partial charge on any atom is -0.488 e. The van der Waals surface area contributed by atoms with Crippen molar-refractivity contribution in [2.75, 3.05) is 0 Å². The van der Waals surface area contributed by atoms with Gasteiger partial charge in [0.15, 0.2) is 0 Å². The van der Waals surface area contributed by atoms with Gasteiger partial charge in [-0.25, -0.2) is 0 Å². The summed E-state index contributed by atoms with van der Waals surface area (Å²) in [6.45, 7) is 0.573. The van der Waals surface area contributed by atoms with Gasteiger partial charge in [-0.15, -0.1) is 0 Å². The van der Waals surface area contributed by atoms with Gasteiger partial charge in [0, 0.05) is 21.7 Å². The molecule has 2 heteroatoms. The summed E-state index contributed by atoms with van der Waals surface area (Å²) in [5.41, 5.74) is 5.89. The van der Waals surface area contributed by atoms with Crippen LogP contribution in [0.3, 0.4) is 0 Å². The zero-order valence-electron chi connectivity index (χ0n) is 15.7. The molecule has 0 spiro atoms. The highest BCUT2D eigenvalue weighted by Crippen LogP contribution is 2.45. The van der Waals surface area contributed by atoms with E-state index in [1.165, 1.54) is 38.2 Å². The minimum absolute atomic E-state index is 0.573. The van der Waals surface area contributed by atoms with Gasteiger partial charge in [-0.2, -0.15) is 0 Å². The molecular weight excluding hydrogens is 376 g/mol. The van der Waals surface area contributed by atoms with Crippen molar-refractivity contribution in [3.63, 3.8) is 0 Å². The molecule has 1 nitrogen and oxygen atoms in total. The minimum atomic E-state index is 0.573. The molecule has 29 heavy (non-hydrogen) atoms. The third kappa shape index (κ3) is 2.48. The summed E-state index contributed by atoms with van der Waals surface area (Å²) in [6, 6.07) is 31.7. The van der Waals surface area contributed by atoms with Crippen LogP contribution in [0.5, 0.6) is 5.75 Å². The molecule has 0 radical (unpaired) electrons. The molecular formula is C27H17ClO. The van der Waals surface area contributed by atoms with Crippen LogP contribution < -0.4 is 4.74 Å². The van der Waals surface area contributed by atoms with Crippen molar-refractivity contribution in [3.05, 3.63) is 102 Å². The zero-order chi connectivity index (χ0) is 19.4. The van der Waals surface area contributed by atoms with E-state index in [-0.39, 0.29) is 0 Å². The van der Waals surface area contributed by atoms with Crippen LogP contribution in [0.2, 0.25) is 5.02 Å². The largest absolute Gasteiger partial charge is 0.488 e. The van der Waals surface area contributed by atoms with E-state index in [4.69, 9.17) is 16.3 Å². The second-order valence-electron chi connectivity index (χ2n) is 7.42. The van der Waals surface area contributed by atoms with E-state index in [2.05, 4.69) is 72.8 Å². The van der Waals surface area contributed by atoms with Crippen molar-refractivity contribution in [1.29, 1.82) is 0 Å². The number of ether oxygens (including phenoxy) is 1. The van der Waals surface area contributed by atoms with Crippen LogP contribution in [0.4, 0.5) is 0 Å². The summed E-state index contributed by atoms with van der Waals surface area (Å²) in [7, 11) is 0. The van der Waals surface area contributed by atoms with Gasteiger partial charge in [0.2, 0.25) is 0 Å². The molecule has 6 rings (SSSR count). The lowest BCUT2D eigenvalue weighted by Gasteiger charge is -2.24. The molecule has 0 fully saturated rings. The van der Waals surface area contributed by atoms with Crippen molar-refractivity contribution in [1.82, 2.24) is 0 Å². The van der Waals surface area contributed by atoms with E-state index < -0.39 is 0 Å². The lowest BCUT2D eigenvalue weighted by Crippen LogP contribution is -2.06. The Hall–Kier alpha value is -3.29. The molecule has 138 valence electrons. The van der Waals surface area contributed by atoms with Crippen LogP contribution in [0, 0.1) is 0 Å². The maximum Gasteiger partial charge on any atom is 0.128 e. The van der Waals surface area contributed by atoms with E-state index in [0.29, 0.717) is 6.61 Å².